The van der Waals surface area contributed by atoms with Gasteiger partial charge in [-0.15, -0.1) is 0 Å². The third kappa shape index (κ3) is 10.5. The zero-order valence-electron chi connectivity index (χ0n) is 10.9. The second-order valence-electron chi connectivity index (χ2n) is 4.54. The number of phenols is 1. The van der Waals surface area contributed by atoms with E-state index in [0.717, 1.165) is 6.42 Å². The van der Waals surface area contributed by atoms with E-state index in [1.54, 1.807) is 12.1 Å². The summed E-state index contributed by atoms with van der Waals surface area (Å²) in [5.41, 5.74) is 1.34. The standard InChI is InChI=1S/C15H24O.Ca.H2S.2H/c1-2-3-4-5-6-7-8-9-14-10-12-15(16)13-11-14;;;;/h10-13,16H,2-9H2,1H3;;1H2;;. The summed E-state index contributed by atoms with van der Waals surface area (Å²) in [6.45, 7) is 2.25. The van der Waals surface area contributed by atoms with E-state index in [4.69, 9.17) is 5.11 Å². The molecule has 0 spiro atoms. The van der Waals surface area contributed by atoms with Crippen molar-refractivity contribution in [3.63, 3.8) is 0 Å². The van der Waals surface area contributed by atoms with Gasteiger partial charge in [0, 0.05) is 0 Å². The summed E-state index contributed by atoms with van der Waals surface area (Å²) in [7, 11) is 0. The minimum atomic E-state index is 0. The summed E-state index contributed by atoms with van der Waals surface area (Å²) in [4.78, 5) is 0. The van der Waals surface area contributed by atoms with Crippen LogP contribution in [0.15, 0.2) is 24.3 Å². The van der Waals surface area contributed by atoms with E-state index in [9.17, 15) is 0 Å². The van der Waals surface area contributed by atoms with Crippen LogP contribution in [0.5, 0.6) is 5.75 Å². The number of aromatic hydroxyl groups is 1. The molecule has 0 aromatic heterocycles. The number of aryl methyl sites for hydroxylation is 1. The van der Waals surface area contributed by atoms with Crippen LogP contribution >= 0.6 is 13.5 Å². The van der Waals surface area contributed by atoms with Gasteiger partial charge in [0.15, 0.2) is 0 Å². The molecule has 0 unspecified atom stereocenters. The van der Waals surface area contributed by atoms with Gasteiger partial charge in [-0.05, 0) is 30.5 Å². The molecule has 0 heterocycles. The van der Waals surface area contributed by atoms with Crippen LogP contribution in [-0.2, 0) is 6.42 Å². The average molecular weight is 297 g/mol. The van der Waals surface area contributed by atoms with Crippen LogP contribution in [0.2, 0.25) is 0 Å². The van der Waals surface area contributed by atoms with Crippen molar-refractivity contribution in [2.75, 3.05) is 0 Å². The second-order valence-corrected chi connectivity index (χ2v) is 4.54. The van der Waals surface area contributed by atoms with E-state index in [0.29, 0.717) is 5.75 Å². The number of hydrogen-bond donors (Lipinski definition) is 1. The Hall–Kier alpha value is 0.630. The second kappa shape index (κ2) is 14.0. The van der Waals surface area contributed by atoms with E-state index in [1.165, 1.54) is 50.5 Å². The Labute approximate surface area is 149 Å². The Kier molecular flexibility index (Phi) is 16.3. The van der Waals surface area contributed by atoms with Gasteiger partial charge in [-0.1, -0.05) is 57.6 Å². The molecule has 1 N–H and O–H groups in total. The van der Waals surface area contributed by atoms with Crippen LogP contribution in [0, 0.1) is 0 Å². The summed E-state index contributed by atoms with van der Waals surface area (Å²) in [5, 5.41) is 9.15. The Bertz CT molecular complexity index is 274. The molecular weight excluding hydrogens is 268 g/mol. The topological polar surface area (TPSA) is 20.2 Å². The molecule has 0 radical (unpaired) electrons. The van der Waals surface area contributed by atoms with Crippen molar-refractivity contribution in [3.05, 3.63) is 29.8 Å². The van der Waals surface area contributed by atoms with E-state index < -0.39 is 0 Å². The number of benzene rings is 1. The molecule has 1 rings (SSSR count). The van der Waals surface area contributed by atoms with Gasteiger partial charge < -0.3 is 5.11 Å². The first kappa shape index (κ1) is 20.9. The Morgan fingerprint density at radius 1 is 0.833 bits per heavy atom. The third-order valence-electron chi connectivity index (χ3n) is 3.01. The SMILES string of the molecule is CCCCCCCCCc1ccc(O)cc1.S.[CaH2]. The first-order valence-corrected chi connectivity index (χ1v) is 6.61. The Morgan fingerprint density at radius 3 is 1.89 bits per heavy atom. The summed E-state index contributed by atoms with van der Waals surface area (Å²) in [6.07, 6.45) is 10.6. The summed E-state index contributed by atoms with van der Waals surface area (Å²) in [5.74, 6) is 0.364. The first-order valence-electron chi connectivity index (χ1n) is 6.61. The molecule has 0 aliphatic rings. The molecule has 0 atom stereocenters. The fraction of sp³-hybridized carbons (Fsp3) is 0.600. The van der Waals surface area contributed by atoms with E-state index in [2.05, 4.69) is 6.92 Å². The summed E-state index contributed by atoms with van der Waals surface area (Å²) < 4.78 is 0. The third-order valence-corrected chi connectivity index (χ3v) is 3.01. The van der Waals surface area contributed by atoms with Crippen LogP contribution in [0.3, 0.4) is 0 Å². The molecule has 0 amide bonds. The molecular formula is C15H28CaOS. The van der Waals surface area contributed by atoms with Crippen LogP contribution in [-0.4, -0.2) is 42.8 Å². The van der Waals surface area contributed by atoms with Crippen molar-refractivity contribution in [2.24, 2.45) is 0 Å². The summed E-state index contributed by atoms with van der Waals surface area (Å²) in [6, 6.07) is 7.59. The normalized spacial score (nSPS) is 9.39. The molecule has 0 aliphatic heterocycles. The molecule has 0 fully saturated rings. The minimum absolute atomic E-state index is 0. The maximum atomic E-state index is 9.15. The summed E-state index contributed by atoms with van der Waals surface area (Å²) >= 11 is 0. The Balaban J connectivity index is 0. The van der Waals surface area contributed by atoms with Crippen LogP contribution in [0.4, 0.5) is 0 Å². The van der Waals surface area contributed by atoms with Crippen LogP contribution in [0.25, 0.3) is 0 Å². The van der Waals surface area contributed by atoms with Gasteiger partial charge in [0.05, 0.1) is 0 Å². The van der Waals surface area contributed by atoms with E-state index in [1.807, 2.05) is 12.1 Å². The molecule has 102 valence electrons. The molecule has 0 saturated heterocycles. The van der Waals surface area contributed by atoms with Gasteiger partial charge in [-0.3, -0.25) is 0 Å². The quantitative estimate of drug-likeness (QED) is 0.570. The van der Waals surface area contributed by atoms with Gasteiger partial charge in [-0.25, -0.2) is 0 Å². The zero-order valence-corrected chi connectivity index (χ0v) is 11.9. The van der Waals surface area contributed by atoms with Crippen molar-refractivity contribution in [3.8, 4) is 5.75 Å². The van der Waals surface area contributed by atoms with Crippen LogP contribution in [0.1, 0.15) is 57.4 Å². The van der Waals surface area contributed by atoms with Crippen molar-refractivity contribution >= 4 is 51.2 Å². The molecule has 18 heavy (non-hydrogen) atoms. The fourth-order valence-electron chi connectivity index (χ4n) is 1.95. The Morgan fingerprint density at radius 2 is 1.33 bits per heavy atom. The number of hydrogen-bond acceptors (Lipinski definition) is 1. The average Bonchev–Trinajstić information content (AvgIpc) is 2.30. The van der Waals surface area contributed by atoms with Gasteiger partial charge in [-0.2, -0.15) is 13.5 Å². The number of unbranched alkanes of at least 4 members (excludes halogenated alkanes) is 6. The zero-order chi connectivity index (χ0) is 11.6. The molecule has 0 bridgehead atoms. The van der Waals surface area contributed by atoms with Gasteiger partial charge in [0.25, 0.3) is 0 Å². The molecule has 1 aromatic rings. The van der Waals surface area contributed by atoms with E-state index >= 15 is 0 Å². The van der Waals surface area contributed by atoms with Crippen molar-refractivity contribution < 1.29 is 5.11 Å². The number of phenolic OH excluding ortho intramolecular Hbond substituents is 1. The van der Waals surface area contributed by atoms with Gasteiger partial charge in [0.1, 0.15) is 5.75 Å². The fourth-order valence-corrected chi connectivity index (χ4v) is 1.95. The van der Waals surface area contributed by atoms with Gasteiger partial charge >= 0.3 is 37.7 Å². The van der Waals surface area contributed by atoms with Gasteiger partial charge in [0.2, 0.25) is 0 Å². The molecule has 1 nitrogen and oxygen atoms in total. The first-order chi connectivity index (χ1) is 7.83. The van der Waals surface area contributed by atoms with Crippen molar-refractivity contribution in [1.82, 2.24) is 0 Å². The molecule has 0 aliphatic carbocycles. The van der Waals surface area contributed by atoms with Crippen molar-refractivity contribution in [2.45, 2.75) is 58.3 Å². The van der Waals surface area contributed by atoms with Crippen LogP contribution < -0.4 is 0 Å². The predicted molar refractivity (Wildman–Crippen MR) is 88.7 cm³/mol. The molecule has 1 aromatic carbocycles. The molecule has 0 saturated carbocycles. The van der Waals surface area contributed by atoms with E-state index in [-0.39, 0.29) is 51.2 Å². The van der Waals surface area contributed by atoms with Crippen molar-refractivity contribution in [1.29, 1.82) is 0 Å². The monoisotopic (exact) mass is 296 g/mol. The molecule has 3 heteroatoms. The number of rotatable bonds is 8. The maximum absolute atomic E-state index is 9.15. The predicted octanol–water partition coefficient (Wildman–Crippen LogP) is 3.88.